The first-order chi connectivity index (χ1) is 20.5. The van der Waals surface area contributed by atoms with Gasteiger partial charge in [0.1, 0.15) is 0 Å². The number of rotatable bonds is 4. The Morgan fingerprint density at radius 2 is 0.881 bits per heavy atom. The van der Waals surface area contributed by atoms with Gasteiger partial charge in [0.05, 0.1) is 5.69 Å². The second kappa shape index (κ2) is 10.4. The molecule has 0 bridgehead atoms. The molecule has 7 aromatic rings. The van der Waals surface area contributed by atoms with Crippen molar-refractivity contribution >= 4 is 21.5 Å². The van der Waals surface area contributed by atoms with Gasteiger partial charge in [0.2, 0.25) is 0 Å². The second-order valence-electron chi connectivity index (χ2n) is 12.0. The second-order valence-corrected chi connectivity index (χ2v) is 12.0. The van der Waals surface area contributed by atoms with E-state index >= 15 is 0 Å². The summed E-state index contributed by atoms with van der Waals surface area (Å²) in [4.78, 5) is 4.97. The largest absolute Gasteiger partial charge is 0.252 e. The Bertz CT molecular complexity index is 2030. The highest BCUT2D eigenvalue weighted by molar-refractivity contribution is 6.21. The third-order valence-corrected chi connectivity index (χ3v) is 8.18. The summed E-state index contributed by atoms with van der Waals surface area (Å²) < 4.78 is 0. The molecule has 0 saturated carbocycles. The fraction of sp³-hybridized carbons (Fsp3) is 0.0976. The van der Waals surface area contributed by atoms with Crippen LogP contribution in [0, 0.1) is 0 Å². The topological polar surface area (TPSA) is 12.9 Å². The Hall–Kier alpha value is -5.01. The van der Waals surface area contributed by atoms with Gasteiger partial charge in [0.25, 0.3) is 0 Å². The Labute approximate surface area is 248 Å². The van der Waals surface area contributed by atoms with Crippen LogP contribution in [-0.4, -0.2) is 4.98 Å². The number of pyridine rings is 1. The monoisotopic (exact) mass is 539 g/mol. The summed E-state index contributed by atoms with van der Waals surface area (Å²) in [6.45, 7) is 6.62. The zero-order chi connectivity index (χ0) is 28.7. The number of aromatic nitrogens is 1. The van der Waals surface area contributed by atoms with Crippen LogP contribution in [0.15, 0.2) is 146 Å². The Kier molecular flexibility index (Phi) is 6.44. The maximum absolute atomic E-state index is 4.97. The van der Waals surface area contributed by atoms with Crippen molar-refractivity contribution in [3.63, 3.8) is 0 Å². The molecule has 0 radical (unpaired) electrons. The predicted octanol–water partition coefficient (Wildman–Crippen LogP) is 11.4. The summed E-state index contributed by atoms with van der Waals surface area (Å²) in [5, 5.41) is 5.08. The van der Waals surface area contributed by atoms with Crippen LogP contribution in [0.4, 0.5) is 0 Å². The third kappa shape index (κ3) is 4.67. The molecule has 1 aromatic heterocycles. The summed E-state index contributed by atoms with van der Waals surface area (Å²) in [5.74, 6) is 0. The molecule has 0 N–H and O–H groups in total. The fourth-order valence-electron chi connectivity index (χ4n) is 6.04. The molecule has 0 unspecified atom stereocenters. The van der Waals surface area contributed by atoms with Crippen molar-refractivity contribution in [3.8, 4) is 44.6 Å². The molecule has 0 spiro atoms. The first kappa shape index (κ1) is 25.9. The number of benzene rings is 6. The fourth-order valence-corrected chi connectivity index (χ4v) is 6.04. The molecule has 0 aliphatic heterocycles. The van der Waals surface area contributed by atoms with Gasteiger partial charge in [-0.3, -0.25) is 4.98 Å². The van der Waals surface area contributed by atoms with E-state index in [2.05, 4.69) is 166 Å². The van der Waals surface area contributed by atoms with Gasteiger partial charge in [-0.15, -0.1) is 0 Å². The molecule has 0 aliphatic rings. The van der Waals surface area contributed by atoms with Crippen LogP contribution < -0.4 is 0 Å². The third-order valence-electron chi connectivity index (χ3n) is 8.18. The molecule has 42 heavy (non-hydrogen) atoms. The zero-order valence-corrected chi connectivity index (χ0v) is 24.3. The Morgan fingerprint density at radius 3 is 1.48 bits per heavy atom. The number of nitrogens with zero attached hydrogens (tertiary/aromatic N) is 1. The van der Waals surface area contributed by atoms with E-state index in [-0.39, 0.29) is 5.41 Å². The van der Waals surface area contributed by atoms with Crippen molar-refractivity contribution in [2.45, 2.75) is 26.2 Å². The number of hydrogen-bond donors (Lipinski definition) is 0. The van der Waals surface area contributed by atoms with Crippen LogP contribution in [0.1, 0.15) is 26.5 Å². The van der Waals surface area contributed by atoms with Crippen LogP contribution in [0.25, 0.3) is 66.2 Å². The summed E-state index contributed by atoms with van der Waals surface area (Å²) in [5.41, 5.74) is 10.7. The molecule has 6 aromatic carbocycles. The number of hydrogen-bond acceptors (Lipinski definition) is 1. The van der Waals surface area contributed by atoms with Gasteiger partial charge in [-0.05, 0) is 73.1 Å². The van der Waals surface area contributed by atoms with E-state index in [0.717, 1.165) is 17.0 Å². The van der Waals surface area contributed by atoms with Crippen LogP contribution in [0.3, 0.4) is 0 Å². The molecule has 0 fully saturated rings. The van der Waals surface area contributed by atoms with Gasteiger partial charge in [0, 0.05) is 16.7 Å². The highest BCUT2D eigenvalue weighted by atomic mass is 14.7. The highest BCUT2D eigenvalue weighted by Gasteiger charge is 2.18. The molecule has 1 heterocycles. The average molecular weight is 540 g/mol. The summed E-state index contributed by atoms with van der Waals surface area (Å²) in [7, 11) is 0. The van der Waals surface area contributed by atoms with Gasteiger partial charge >= 0.3 is 0 Å². The lowest BCUT2D eigenvalue weighted by Gasteiger charge is -2.19. The molecule has 0 atom stereocenters. The van der Waals surface area contributed by atoms with Gasteiger partial charge in [-0.1, -0.05) is 148 Å². The number of fused-ring (bicyclic) bond motifs is 2. The van der Waals surface area contributed by atoms with E-state index < -0.39 is 0 Å². The molecule has 0 aliphatic carbocycles. The quantitative estimate of drug-likeness (QED) is 0.203. The van der Waals surface area contributed by atoms with Crippen molar-refractivity contribution < 1.29 is 0 Å². The molecule has 0 saturated heterocycles. The first-order valence-electron chi connectivity index (χ1n) is 14.6. The highest BCUT2D eigenvalue weighted by Crippen LogP contribution is 2.44. The minimum Gasteiger partial charge on any atom is -0.252 e. The Balaban J connectivity index is 1.43. The van der Waals surface area contributed by atoms with Crippen LogP contribution in [-0.2, 0) is 5.41 Å². The van der Waals surface area contributed by atoms with E-state index in [9.17, 15) is 0 Å². The van der Waals surface area contributed by atoms with E-state index in [1.165, 1.54) is 54.9 Å². The summed E-state index contributed by atoms with van der Waals surface area (Å²) >= 11 is 0. The minimum absolute atomic E-state index is 0.0142. The van der Waals surface area contributed by atoms with Gasteiger partial charge < -0.3 is 0 Å². The van der Waals surface area contributed by atoms with Crippen LogP contribution >= 0.6 is 0 Å². The lowest BCUT2D eigenvalue weighted by Crippen LogP contribution is -2.13. The predicted molar refractivity (Wildman–Crippen MR) is 180 cm³/mol. The lowest BCUT2D eigenvalue weighted by atomic mass is 9.85. The van der Waals surface area contributed by atoms with Crippen molar-refractivity contribution in [3.05, 3.63) is 151 Å². The molecule has 1 heteroatoms. The average Bonchev–Trinajstić information content (AvgIpc) is 3.04. The zero-order valence-electron chi connectivity index (χ0n) is 24.3. The van der Waals surface area contributed by atoms with Crippen molar-refractivity contribution in [1.29, 1.82) is 0 Å². The molecule has 1 nitrogen and oxygen atoms in total. The molecule has 7 rings (SSSR count). The molecule has 202 valence electrons. The summed E-state index contributed by atoms with van der Waals surface area (Å²) in [6.07, 6.45) is 0. The van der Waals surface area contributed by atoms with Gasteiger partial charge in [-0.25, -0.2) is 0 Å². The lowest BCUT2D eigenvalue weighted by molar-refractivity contribution is 0.570. The van der Waals surface area contributed by atoms with Gasteiger partial charge in [-0.2, -0.15) is 0 Å². The van der Waals surface area contributed by atoms with E-state index in [4.69, 9.17) is 4.98 Å². The Morgan fingerprint density at radius 1 is 0.381 bits per heavy atom. The van der Waals surface area contributed by atoms with E-state index in [1.807, 2.05) is 0 Å². The molecular weight excluding hydrogens is 506 g/mol. The van der Waals surface area contributed by atoms with Crippen molar-refractivity contribution in [1.82, 2.24) is 4.98 Å². The standard InChI is InChI=1S/C41H33N/c1-41(2,3)38-20-12-19-37(42-38)29-23-21-28(22-24-29)32-25-26-35-36(27-32)40(31-15-8-5-9-16-31)34-18-11-10-17-33(34)39(35)30-13-6-4-7-14-30/h4-27H,1-3H3. The maximum atomic E-state index is 4.97. The van der Waals surface area contributed by atoms with Crippen molar-refractivity contribution in [2.24, 2.45) is 0 Å². The van der Waals surface area contributed by atoms with Crippen LogP contribution in [0.2, 0.25) is 0 Å². The molecule has 0 amide bonds. The normalized spacial score (nSPS) is 11.7. The van der Waals surface area contributed by atoms with E-state index in [0.29, 0.717) is 0 Å². The SMILES string of the molecule is CC(C)(C)c1cccc(-c2ccc(-c3ccc4c(-c5ccccc5)c5ccccc5c(-c5ccccc5)c4c3)cc2)n1. The van der Waals surface area contributed by atoms with Crippen molar-refractivity contribution in [2.75, 3.05) is 0 Å². The van der Waals surface area contributed by atoms with Gasteiger partial charge in [0.15, 0.2) is 0 Å². The molecular formula is C41H33N. The van der Waals surface area contributed by atoms with E-state index in [1.54, 1.807) is 0 Å². The summed E-state index contributed by atoms with van der Waals surface area (Å²) in [6, 6.07) is 52.6. The maximum Gasteiger partial charge on any atom is 0.0705 e. The minimum atomic E-state index is 0.0142. The van der Waals surface area contributed by atoms with Crippen LogP contribution in [0.5, 0.6) is 0 Å². The smallest absolute Gasteiger partial charge is 0.0705 e. The first-order valence-corrected chi connectivity index (χ1v) is 14.6.